The van der Waals surface area contributed by atoms with Crippen LogP contribution in [0.5, 0.6) is 5.75 Å². The molecule has 1 fully saturated rings. The van der Waals surface area contributed by atoms with Gasteiger partial charge < -0.3 is 15.8 Å². The summed E-state index contributed by atoms with van der Waals surface area (Å²) >= 11 is 0. The molecule has 0 radical (unpaired) electrons. The largest absolute Gasteiger partial charge is 0.497 e. The molecular weight excluding hydrogens is 350 g/mol. The van der Waals surface area contributed by atoms with Crippen LogP contribution in [0.3, 0.4) is 0 Å². The zero-order chi connectivity index (χ0) is 19.8. The Hall–Kier alpha value is -2.53. The lowest BCUT2D eigenvalue weighted by atomic mass is 10.0. The van der Waals surface area contributed by atoms with Crippen molar-refractivity contribution < 1.29 is 9.53 Å². The summed E-state index contributed by atoms with van der Waals surface area (Å²) < 4.78 is 5.28. The van der Waals surface area contributed by atoms with Crippen LogP contribution < -0.4 is 15.8 Å². The Labute approximate surface area is 167 Å². The van der Waals surface area contributed by atoms with Crippen molar-refractivity contribution in [2.24, 2.45) is 0 Å². The molecule has 1 aliphatic heterocycles. The number of benzene rings is 2. The van der Waals surface area contributed by atoms with Crippen LogP contribution in [-0.2, 0) is 11.2 Å². The zero-order valence-corrected chi connectivity index (χ0v) is 16.7. The van der Waals surface area contributed by atoms with Crippen molar-refractivity contribution in [2.75, 3.05) is 32.5 Å². The van der Waals surface area contributed by atoms with Crippen molar-refractivity contribution in [1.82, 2.24) is 10.2 Å². The number of carbonyl (C=O) groups is 1. The maximum absolute atomic E-state index is 12.5. The lowest BCUT2D eigenvalue weighted by Crippen LogP contribution is -2.40. The van der Waals surface area contributed by atoms with Gasteiger partial charge in [-0.15, -0.1) is 0 Å². The molecule has 0 bridgehead atoms. The number of nitrogens with zero attached hydrogens (tertiary/aromatic N) is 1. The molecule has 0 aliphatic carbocycles. The van der Waals surface area contributed by atoms with E-state index in [1.165, 1.54) is 24.8 Å². The molecule has 2 aromatic carbocycles. The van der Waals surface area contributed by atoms with Crippen molar-refractivity contribution in [3.63, 3.8) is 0 Å². The van der Waals surface area contributed by atoms with Crippen LogP contribution in [0.15, 0.2) is 48.5 Å². The number of nitrogens with two attached hydrogens (primary N) is 1. The predicted molar refractivity (Wildman–Crippen MR) is 113 cm³/mol. The fourth-order valence-corrected chi connectivity index (χ4v) is 3.82. The number of nitrogens with one attached hydrogen (secondary N) is 1. The summed E-state index contributed by atoms with van der Waals surface area (Å²) in [5.74, 6) is 0.921. The average Bonchev–Trinajstić information content (AvgIpc) is 2.74. The molecule has 150 valence electrons. The summed E-state index contributed by atoms with van der Waals surface area (Å²) in [6, 6.07) is 16.1. The van der Waals surface area contributed by atoms with E-state index in [0.29, 0.717) is 19.4 Å². The van der Waals surface area contributed by atoms with E-state index in [-0.39, 0.29) is 11.9 Å². The van der Waals surface area contributed by atoms with Crippen LogP contribution in [0.1, 0.15) is 42.9 Å². The topological polar surface area (TPSA) is 67.6 Å². The third-order valence-electron chi connectivity index (χ3n) is 5.50. The van der Waals surface area contributed by atoms with E-state index in [2.05, 4.69) is 22.3 Å². The van der Waals surface area contributed by atoms with Gasteiger partial charge in [-0.2, -0.15) is 0 Å². The van der Waals surface area contributed by atoms with Crippen molar-refractivity contribution in [2.45, 2.75) is 38.1 Å². The zero-order valence-electron chi connectivity index (χ0n) is 16.7. The van der Waals surface area contributed by atoms with Gasteiger partial charge in [0.2, 0.25) is 5.91 Å². The van der Waals surface area contributed by atoms with Gasteiger partial charge in [0.05, 0.1) is 13.2 Å². The van der Waals surface area contributed by atoms with E-state index in [1.54, 1.807) is 7.11 Å². The summed E-state index contributed by atoms with van der Waals surface area (Å²) in [5.41, 5.74) is 8.97. The van der Waals surface area contributed by atoms with E-state index in [4.69, 9.17) is 10.5 Å². The minimum absolute atomic E-state index is 0.0683. The molecule has 0 saturated carbocycles. The molecule has 1 heterocycles. The maximum Gasteiger partial charge on any atom is 0.220 e. The summed E-state index contributed by atoms with van der Waals surface area (Å²) in [4.78, 5) is 14.9. The molecule has 0 spiro atoms. The minimum atomic E-state index is 0.0683. The molecule has 5 nitrogen and oxygen atoms in total. The number of ether oxygens (including phenoxy) is 1. The number of likely N-dealkylation sites (tertiary alicyclic amines) is 1. The van der Waals surface area contributed by atoms with Crippen molar-refractivity contribution >= 4 is 11.6 Å². The molecule has 5 heteroatoms. The Kier molecular flexibility index (Phi) is 7.31. The van der Waals surface area contributed by atoms with E-state index in [0.717, 1.165) is 30.1 Å². The van der Waals surface area contributed by atoms with Crippen LogP contribution in [0.4, 0.5) is 5.69 Å². The van der Waals surface area contributed by atoms with E-state index in [1.807, 2.05) is 36.4 Å². The van der Waals surface area contributed by atoms with E-state index < -0.39 is 0 Å². The van der Waals surface area contributed by atoms with Crippen LogP contribution in [0, 0.1) is 0 Å². The maximum atomic E-state index is 12.5. The van der Waals surface area contributed by atoms with Crippen LogP contribution >= 0.6 is 0 Å². The molecule has 1 aliphatic rings. The number of anilines is 1. The number of hydrogen-bond donors (Lipinski definition) is 2. The number of hydrogen-bond acceptors (Lipinski definition) is 4. The van der Waals surface area contributed by atoms with Gasteiger partial charge in [0.15, 0.2) is 0 Å². The summed E-state index contributed by atoms with van der Waals surface area (Å²) in [6.07, 6.45) is 4.83. The molecule has 1 saturated heterocycles. The monoisotopic (exact) mass is 381 g/mol. The van der Waals surface area contributed by atoms with Gasteiger partial charge in [-0.3, -0.25) is 9.69 Å². The van der Waals surface area contributed by atoms with Gasteiger partial charge in [-0.05, 0) is 61.7 Å². The number of piperidine rings is 1. The third-order valence-corrected chi connectivity index (χ3v) is 5.50. The summed E-state index contributed by atoms with van der Waals surface area (Å²) in [6.45, 7) is 2.77. The number of amides is 1. The Morgan fingerprint density at radius 1 is 1.11 bits per heavy atom. The van der Waals surface area contributed by atoms with Crippen LogP contribution in [0.25, 0.3) is 0 Å². The highest BCUT2D eigenvalue weighted by Crippen LogP contribution is 2.26. The molecule has 3 rings (SSSR count). The SMILES string of the molecule is COc1ccc(C(CNC(=O)CCc2ccccc2N)N2CCCCC2)cc1. The highest BCUT2D eigenvalue weighted by Gasteiger charge is 2.23. The van der Waals surface area contributed by atoms with Crippen molar-refractivity contribution in [3.8, 4) is 5.75 Å². The van der Waals surface area contributed by atoms with Crippen LogP contribution in [-0.4, -0.2) is 37.6 Å². The summed E-state index contributed by atoms with van der Waals surface area (Å²) in [5, 5.41) is 3.14. The van der Waals surface area contributed by atoms with Gasteiger partial charge in [0, 0.05) is 18.7 Å². The van der Waals surface area contributed by atoms with Gasteiger partial charge in [-0.1, -0.05) is 36.8 Å². The number of nitrogen functional groups attached to an aromatic ring is 1. The standard InChI is InChI=1S/C23H31N3O2/c1-28-20-12-9-19(10-13-20)22(26-15-5-2-6-16-26)17-25-23(27)14-11-18-7-3-4-8-21(18)24/h3-4,7-10,12-13,22H,2,5-6,11,14-17,24H2,1H3,(H,25,27). The van der Waals surface area contributed by atoms with Crippen LogP contribution in [0.2, 0.25) is 0 Å². The number of para-hydroxylation sites is 1. The molecule has 0 aromatic heterocycles. The first-order chi connectivity index (χ1) is 13.7. The molecular formula is C23H31N3O2. The number of aryl methyl sites for hydroxylation is 1. The normalized spacial score (nSPS) is 15.8. The first-order valence-corrected chi connectivity index (χ1v) is 10.2. The lowest BCUT2D eigenvalue weighted by molar-refractivity contribution is -0.121. The second-order valence-electron chi connectivity index (χ2n) is 7.39. The quantitative estimate of drug-likeness (QED) is 0.686. The first-order valence-electron chi connectivity index (χ1n) is 10.2. The number of methoxy groups -OCH3 is 1. The summed E-state index contributed by atoms with van der Waals surface area (Å²) in [7, 11) is 1.68. The second kappa shape index (κ2) is 10.1. The van der Waals surface area contributed by atoms with Gasteiger partial charge in [0.25, 0.3) is 0 Å². The molecule has 1 amide bonds. The molecule has 28 heavy (non-hydrogen) atoms. The Balaban J connectivity index is 1.60. The average molecular weight is 382 g/mol. The second-order valence-corrected chi connectivity index (χ2v) is 7.39. The Morgan fingerprint density at radius 2 is 1.82 bits per heavy atom. The highest BCUT2D eigenvalue weighted by atomic mass is 16.5. The Bertz CT molecular complexity index is 755. The Morgan fingerprint density at radius 3 is 2.50 bits per heavy atom. The number of carbonyl (C=O) groups excluding carboxylic acids is 1. The molecule has 3 N–H and O–H groups in total. The lowest BCUT2D eigenvalue weighted by Gasteiger charge is -2.35. The number of rotatable bonds is 8. The van der Waals surface area contributed by atoms with Gasteiger partial charge >= 0.3 is 0 Å². The van der Waals surface area contributed by atoms with E-state index >= 15 is 0 Å². The predicted octanol–water partition coefficient (Wildman–Crippen LogP) is 3.55. The van der Waals surface area contributed by atoms with Gasteiger partial charge in [0.1, 0.15) is 5.75 Å². The fraction of sp³-hybridized carbons (Fsp3) is 0.435. The first kappa shape index (κ1) is 20.2. The van der Waals surface area contributed by atoms with E-state index in [9.17, 15) is 4.79 Å². The smallest absolute Gasteiger partial charge is 0.220 e. The molecule has 2 aromatic rings. The third kappa shape index (κ3) is 5.49. The fourth-order valence-electron chi connectivity index (χ4n) is 3.82. The van der Waals surface area contributed by atoms with Gasteiger partial charge in [-0.25, -0.2) is 0 Å². The highest BCUT2D eigenvalue weighted by molar-refractivity contribution is 5.76. The van der Waals surface area contributed by atoms with Crippen molar-refractivity contribution in [3.05, 3.63) is 59.7 Å². The molecule has 1 atom stereocenters. The minimum Gasteiger partial charge on any atom is -0.497 e. The van der Waals surface area contributed by atoms with Crippen molar-refractivity contribution in [1.29, 1.82) is 0 Å². The molecule has 1 unspecified atom stereocenters.